The first-order chi connectivity index (χ1) is 12.7. The lowest BCUT2D eigenvalue weighted by atomic mass is 10.2. The maximum atomic E-state index is 12.2. The number of thiazole rings is 1. The highest BCUT2D eigenvalue weighted by Crippen LogP contribution is 2.27. The molecular formula is C20H19NO3S2. The average molecular weight is 386 g/mol. The Morgan fingerprint density at radius 2 is 2.00 bits per heavy atom. The number of nitrogens with zero attached hydrogens (tertiary/aromatic N) is 1. The number of esters is 1. The molecule has 4 nitrogen and oxygen atoms in total. The summed E-state index contributed by atoms with van der Waals surface area (Å²) >= 11 is 3.01. The van der Waals surface area contributed by atoms with Crippen LogP contribution in [0.4, 0.5) is 0 Å². The summed E-state index contributed by atoms with van der Waals surface area (Å²) < 4.78 is 10.7. The summed E-state index contributed by atoms with van der Waals surface area (Å²) in [6.45, 7) is 2.03. The van der Waals surface area contributed by atoms with Crippen LogP contribution in [0.15, 0.2) is 64.9 Å². The van der Waals surface area contributed by atoms with Gasteiger partial charge < -0.3 is 9.47 Å². The summed E-state index contributed by atoms with van der Waals surface area (Å²) in [6, 6.07) is 17.6. The quantitative estimate of drug-likeness (QED) is 0.421. The van der Waals surface area contributed by atoms with Crippen molar-refractivity contribution in [3.63, 3.8) is 0 Å². The summed E-state index contributed by atoms with van der Waals surface area (Å²) in [7, 11) is 1.64. The number of rotatable bonds is 7. The monoisotopic (exact) mass is 385 g/mol. The molecule has 0 unspecified atom stereocenters. The van der Waals surface area contributed by atoms with Crippen LogP contribution in [-0.2, 0) is 16.1 Å². The second-order valence-electron chi connectivity index (χ2n) is 5.56. The minimum atomic E-state index is -0.270. The fourth-order valence-corrected chi connectivity index (χ4v) is 3.96. The van der Waals surface area contributed by atoms with Crippen LogP contribution in [-0.4, -0.2) is 23.3 Å². The van der Waals surface area contributed by atoms with Crippen LogP contribution < -0.4 is 4.74 Å². The van der Waals surface area contributed by atoms with Gasteiger partial charge in [-0.05, 0) is 31.2 Å². The Labute approximate surface area is 161 Å². The predicted molar refractivity (Wildman–Crippen MR) is 106 cm³/mol. The molecule has 0 aliphatic heterocycles. The average Bonchev–Trinajstić information content (AvgIpc) is 3.16. The van der Waals surface area contributed by atoms with Crippen molar-refractivity contribution in [3.8, 4) is 16.3 Å². The molecule has 0 bridgehead atoms. The molecule has 0 aliphatic carbocycles. The minimum Gasteiger partial charge on any atom is -0.497 e. The molecule has 3 aromatic rings. The van der Waals surface area contributed by atoms with Gasteiger partial charge in [-0.15, -0.1) is 23.1 Å². The fourth-order valence-electron chi connectivity index (χ4n) is 2.28. The van der Waals surface area contributed by atoms with E-state index in [1.54, 1.807) is 7.11 Å². The van der Waals surface area contributed by atoms with Gasteiger partial charge in [-0.25, -0.2) is 4.98 Å². The number of carbonyl (C=O) groups excluding carboxylic acids is 1. The van der Waals surface area contributed by atoms with Gasteiger partial charge in [0.1, 0.15) is 22.6 Å². The van der Waals surface area contributed by atoms with E-state index in [-0.39, 0.29) is 17.8 Å². The molecule has 1 atom stereocenters. The van der Waals surface area contributed by atoms with E-state index in [0.717, 1.165) is 26.9 Å². The van der Waals surface area contributed by atoms with E-state index in [1.807, 2.05) is 66.9 Å². The van der Waals surface area contributed by atoms with E-state index < -0.39 is 0 Å². The number of carbonyl (C=O) groups is 1. The van der Waals surface area contributed by atoms with Crippen LogP contribution in [0.1, 0.15) is 12.6 Å². The van der Waals surface area contributed by atoms with Crippen molar-refractivity contribution in [3.05, 3.63) is 65.7 Å². The van der Waals surface area contributed by atoms with Gasteiger partial charge in [-0.1, -0.05) is 30.3 Å². The Hall–Kier alpha value is -2.31. The number of hydrogen-bond donors (Lipinski definition) is 0. The summed E-state index contributed by atoms with van der Waals surface area (Å²) in [5, 5.41) is 2.52. The van der Waals surface area contributed by atoms with E-state index in [4.69, 9.17) is 9.47 Å². The van der Waals surface area contributed by atoms with E-state index >= 15 is 0 Å². The van der Waals surface area contributed by atoms with Crippen LogP contribution in [0.3, 0.4) is 0 Å². The zero-order valence-corrected chi connectivity index (χ0v) is 16.2. The molecule has 0 N–H and O–H groups in total. The lowest BCUT2D eigenvalue weighted by Crippen LogP contribution is -2.16. The summed E-state index contributed by atoms with van der Waals surface area (Å²) in [5.74, 6) is 0.548. The lowest BCUT2D eigenvalue weighted by Gasteiger charge is -2.10. The molecule has 0 saturated carbocycles. The summed E-state index contributed by atoms with van der Waals surface area (Å²) in [5.41, 5.74) is 1.73. The maximum Gasteiger partial charge on any atom is 0.319 e. The molecule has 0 amide bonds. The molecule has 2 aromatic carbocycles. The minimum absolute atomic E-state index is 0.180. The van der Waals surface area contributed by atoms with Crippen molar-refractivity contribution in [2.24, 2.45) is 0 Å². The molecular weight excluding hydrogens is 366 g/mol. The van der Waals surface area contributed by atoms with Gasteiger partial charge in [-0.3, -0.25) is 4.79 Å². The number of ether oxygens (including phenoxy) is 2. The first-order valence-corrected chi connectivity index (χ1v) is 9.89. The summed E-state index contributed by atoms with van der Waals surface area (Å²) in [6.07, 6.45) is 0. The first kappa shape index (κ1) is 18.5. The van der Waals surface area contributed by atoms with Crippen molar-refractivity contribution in [2.75, 3.05) is 7.11 Å². The van der Waals surface area contributed by atoms with Crippen LogP contribution >= 0.6 is 23.1 Å². The predicted octanol–water partition coefficient (Wildman–Crippen LogP) is 5.04. The van der Waals surface area contributed by atoms with E-state index in [2.05, 4.69) is 4.98 Å². The van der Waals surface area contributed by atoms with Gasteiger partial charge in [0.05, 0.1) is 12.8 Å². The van der Waals surface area contributed by atoms with Crippen LogP contribution in [0, 0.1) is 0 Å². The molecule has 0 aliphatic rings. The molecule has 3 rings (SSSR count). The Kier molecular flexibility index (Phi) is 6.30. The van der Waals surface area contributed by atoms with Crippen LogP contribution in [0.2, 0.25) is 0 Å². The zero-order valence-electron chi connectivity index (χ0n) is 14.5. The number of thioether (sulfide) groups is 1. The fraction of sp³-hybridized carbons (Fsp3) is 0.200. The van der Waals surface area contributed by atoms with Gasteiger partial charge >= 0.3 is 5.97 Å². The van der Waals surface area contributed by atoms with Gasteiger partial charge in [0, 0.05) is 15.8 Å². The molecule has 1 heterocycles. The smallest absolute Gasteiger partial charge is 0.319 e. The lowest BCUT2D eigenvalue weighted by molar-refractivity contribution is -0.144. The van der Waals surface area contributed by atoms with Gasteiger partial charge in [0.2, 0.25) is 0 Å². The zero-order chi connectivity index (χ0) is 18.4. The van der Waals surface area contributed by atoms with E-state index in [1.165, 1.54) is 23.1 Å². The van der Waals surface area contributed by atoms with E-state index in [0.29, 0.717) is 0 Å². The third kappa shape index (κ3) is 4.86. The van der Waals surface area contributed by atoms with E-state index in [9.17, 15) is 4.79 Å². The first-order valence-electron chi connectivity index (χ1n) is 8.13. The maximum absolute atomic E-state index is 12.2. The summed E-state index contributed by atoms with van der Waals surface area (Å²) in [4.78, 5) is 17.8. The highest BCUT2D eigenvalue weighted by Gasteiger charge is 2.16. The molecule has 0 radical (unpaired) electrons. The third-order valence-corrected chi connectivity index (χ3v) is 5.65. The number of aromatic nitrogens is 1. The van der Waals surface area contributed by atoms with Crippen molar-refractivity contribution in [1.29, 1.82) is 0 Å². The SMILES string of the molecule is COc1cccc(-c2nc(COC(=O)[C@@H](C)Sc3ccccc3)cs2)c1. The normalized spacial score (nSPS) is 11.8. The van der Waals surface area contributed by atoms with Gasteiger partial charge in [0.15, 0.2) is 0 Å². The van der Waals surface area contributed by atoms with Crippen molar-refractivity contribution < 1.29 is 14.3 Å². The molecule has 6 heteroatoms. The topological polar surface area (TPSA) is 48.4 Å². The Bertz CT molecular complexity index is 864. The third-order valence-electron chi connectivity index (χ3n) is 3.62. The van der Waals surface area contributed by atoms with Crippen molar-refractivity contribution in [1.82, 2.24) is 4.98 Å². The van der Waals surface area contributed by atoms with Crippen molar-refractivity contribution in [2.45, 2.75) is 23.7 Å². The highest BCUT2D eigenvalue weighted by molar-refractivity contribution is 8.00. The van der Waals surface area contributed by atoms with Crippen LogP contribution in [0.5, 0.6) is 5.75 Å². The molecule has 26 heavy (non-hydrogen) atoms. The second kappa shape index (κ2) is 8.87. The highest BCUT2D eigenvalue weighted by atomic mass is 32.2. The molecule has 1 aromatic heterocycles. The number of hydrogen-bond acceptors (Lipinski definition) is 6. The molecule has 0 saturated heterocycles. The Morgan fingerprint density at radius 1 is 1.19 bits per heavy atom. The van der Waals surface area contributed by atoms with Crippen molar-refractivity contribution >= 4 is 29.1 Å². The van der Waals surface area contributed by atoms with Gasteiger partial charge in [-0.2, -0.15) is 0 Å². The Balaban J connectivity index is 1.56. The number of benzene rings is 2. The second-order valence-corrected chi connectivity index (χ2v) is 7.83. The van der Waals surface area contributed by atoms with Crippen LogP contribution in [0.25, 0.3) is 10.6 Å². The van der Waals surface area contributed by atoms with Gasteiger partial charge in [0.25, 0.3) is 0 Å². The largest absolute Gasteiger partial charge is 0.497 e. The molecule has 134 valence electrons. The standard InChI is InChI=1S/C20H19NO3S2/c1-14(26-18-9-4-3-5-10-18)20(22)24-12-16-13-25-19(21-16)15-7-6-8-17(11-15)23-2/h3-11,13-14H,12H2,1-2H3/t14-/m1/s1. The molecule has 0 fully saturated rings. The Morgan fingerprint density at radius 3 is 2.77 bits per heavy atom. The molecule has 0 spiro atoms. The number of methoxy groups -OCH3 is 1.